The smallest absolute Gasteiger partial charge is 0.308 e. The quantitative estimate of drug-likeness (QED) is 0.265. The number of amides is 1. The Hall–Kier alpha value is -3.10. The number of nitrogens with zero attached hydrogens (tertiary/aromatic N) is 3. The molecule has 1 saturated heterocycles. The van der Waals surface area contributed by atoms with E-state index in [-0.39, 0.29) is 36.6 Å². The van der Waals surface area contributed by atoms with Crippen LogP contribution in [0.25, 0.3) is 0 Å². The SMILES string of the molecule is CCCCN(C(=O)CN1C[C@H](c2ccc3c(c2)OCO3)C(C(=O)O)[C@@H]1CC(C)(C)CCC)c1cccc(C[N+](C)(C)C)c1. The lowest BCUT2D eigenvalue weighted by Gasteiger charge is -2.35. The van der Waals surface area contributed by atoms with Crippen molar-refractivity contribution in [2.75, 3.05) is 52.5 Å². The van der Waals surface area contributed by atoms with Crippen LogP contribution in [-0.4, -0.2) is 80.0 Å². The van der Waals surface area contributed by atoms with E-state index in [1.165, 1.54) is 5.56 Å². The van der Waals surface area contributed by atoms with Crippen molar-refractivity contribution in [2.45, 2.75) is 78.3 Å². The number of rotatable bonds is 14. The van der Waals surface area contributed by atoms with Gasteiger partial charge in [-0.05, 0) is 54.5 Å². The molecule has 1 unspecified atom stereocenters. The van der Waals surface area contributed by atoms with Crippen molar-refractivity contribution in [2.24, 2.45) is 11.3 Å². The molecule has 43 heavy (non-hydrogen) atoms. The summed E-state index contributed by atoms with van der Waals surface area (Å²) in [6.07, 6.45) is 4.60. The van der Waals surface area contributed by atoms with Crippen LogP contribution < -0.4 is 14.4 Å². The highest BCUT2D eigenvalue weighted by atomic mass is 16.7. The van der Waals surface area contributed by atoms with Gasteiger partial charge >= 0.3 is 5.97 Å². The number of aliphatic carboxylic acids is 1. The molecule has 2 aromatic rings. The molecule has 0 radical (unpaired) electrons. The van der Waals surface area contributed by atoms with Crippen molar-refractivity contribution in [1.82, 2.24) is 4.90 Å². The molecule has 2 aromatic carbocycles. The van der Waals surface area contributed by atoms with E-state index in [0.29, 0.717) is 31.0 Å². The minimum absolute atomic E-state index is 0.0182. The number of carbonyl (C=O) groups excluding carboxylic acids is 1. The summed E-state index contributed by atoms with van der Waals surface area (Å²) in [5.74, 6) is -0.366. The fourth-order valence-electron chi connectivity index (χ4n) is 6.92. The highest BCUT2D eigenvalue weighted by Crippen LogP contribution is 2.45. The molecule has 4 rings (SSSR count). The zero-order valence-corrected chi connectivity index (χ0v) is 27.3. The van der Waals surface area contributed by atoms with Gasteiger partial charge in [0.15, 0.2) is 11.5 Å². The fraction of sp³-hybridized carbons (Fsp3) is 0.600. The van der Waals surface area contributed by atoms with Gasteiger partial charge in [0.25, 0.3) is 0 Å². The summed E-state index contributed by atoms with van der Waals surface area (Å²) < 4.78 is 11.9. The van der Waals surface area contributed by atoms with Gasteiger partial charge in [0.1, 0.15) is 6.54 Å². The molecule has 0 spiro atoms. The van der Waals surface area contributed by atoms with Crippen molar-refractivity contribution in [3.63, 3.8) is 0 Å². The lowest BCUT2D eigenvalue weighted by Crippen LogP contribution is -2.46. The van der Waals surface area contributed by atoms with E-state index >= 15 is 0 Å². The first-order chi connectivity index (χ1) is 20.3. The lowest BCUT2D eigenvalue weighted by atomic mass is 9.76. The Labute approximate surface area is 258 Å². The molecule has 236 valence electrons. The second-order valence-corrected chi connectivity index (χ2v) is 14.2. The number of anilines is 1. The Morgan fingerprint density at radius 2 is 1.79 bits per heavy atom. The van der Waals surface area contributed by atoms with Crippen LogP contribution in [0.2, 0.25) is 0 Å². The van der Waals surface area contributed by atoms with Gasteiger partial charge in [-0.15, -0.1) is 0 Å². The molecule has 0 aliphatic carbocycles. The Morgan fingerprint density at radius 3 is 2.47 bits per heavy atom. The average molecular weight is 595 g/mol. The maximum absolute atomic E-state index is 14.2. The zero-order valence-electron chi connectivity index (χ0n) is 27.3. The molecule has 3 atom stereocenters. The first kappa shape index (κ1) is 32.8. The van der Waals surface area contributed by atoms with Gasteiger partial charge < -0.3 is 24.0 Å². The molecular formula is C35H52N3O5+. The Balaban J connectivity index is 1.66. The van der Waals surface area contributed by atoms with Crippen LogP contribution in [0.3, 0.4) is 0 Å². The monoisotopic (exact) mass is 594 g/mol. The van der Waals surface area contributed by atoms with Gasteiger partial charge in [-0.1, -0.05) is 58.7 Å². The summed E-state index contributed by atoms with van der Waals surface area (Å²) in [7, 11) is 6.49. The number of hydrogen-bond donors (Lipinski definition) is 1. The van der Waals surface area contributed by atoms with E-state index in [0.717, 1.165) is 48.0 Å². The summed E-state index contributed by atoms with van der Waals surface area (Å²) in [4.78, 5) is 31.3. The molecule has 0 aromatic heterocycles. The second-order valence-electron chi connectivity index (χ2n) is 14.2. The van der Waals surface area contributed by atoms with Gasteiger partial charge in [0.2, 0.25) is 12.7 Å². The summed E-state index contributed by atoms with van der Waals surface area (Å²) in [6.45, 7) is 11.1. The summed E-state index contributed by atoms with van der Waals surface area (Å²) in [5, 5.41) is 10.6. The first-order valence-corrected chi connectivity index (χ1v) is 15.9. The van der Waals surface area contributed by atoms with Crippen LogP contribution in [0.5, 0.6) is 11.5 Å². The van der Waals surface area contributed by atoms with Crippen molar-refractivity contribution in [3.8, 4) is 11.5 Å². The van der Waals surface area contributed by atoms with Gasteiger partial charge in [-0.2, -0.15) is 0 Å². The molecule has 0 saturated carbocycles. The molecule has 8 nitrogen and oxygen atoms in total. The van der Waals surface area contributed by atoms with Crippen molar-refractivity contribution in [3.05, 3.63) is 53.6 Å². The number of carbonyl (C=O) groups is 2. The molecule has 2 aliphatic rings. The van der Waals surface area contributed by atoms with Crippen LogP contribution >= 0.6 is 0 Å². The Kier molecular flexibility index (Phi) is 10.4. The predicted molar refractivity (Wildman–Crippen MR) is 171 cm³/mol. The third kappa shape index (κ3) is 8.30. The van der Waals surface area contributed by atoms with Gasteiger partial charge in [0, 0.05) is 36.3 Å². The summed E-state index contributed by atoms with van der Waals surface area (Å²) >= 11 is 0. The molecule has 8 heteroatoms. The number of carboxylic acid groups (broad SMARTS) is 1. The molecule has 1 N–H and O–H groups in total. The molecule has 2 aliphatic heterocycles. The lowest BCUT2D eigenvalue weighted by molar-refractivity contribution is -0.884. The van der Waals surface area contributed by atoms with Crippen molar-refractivity contribution >= 4 is 17.6 Å². The average Bonchev–Trinajstić information content (AvgIpc) is 3.52. The van der Waals surface area contributed by atoms with E-state index in [2.05, 4.69) is 65.9 Å². The van der Waals surface area contributed by atoms with E-state index in [1.54, 1.807) is 0 Å². The Morgan fingerprint density at radius 1 is 1.05 bits per heavy atom. The maximum Gasteiger partial charge on any atom is 0.308 e. The number of unbranched alkanes of at least 4 members (excludes halogenated alkanes) is 1. The van der Waals surface area contributed by atoms with Crippen LogP contribution in [0.4, 0.5) is 5.69 Å². The van der Waals surface area contributed by atoms with Gasteiger partial charge in [-0.25, -0.2) is 0 Å². The normalized spacial score (nSPS) is 20.4. The highest BCUT2D eigenvalue weighted by Gasteiger charge is 2.49. The number of ether oxygens (including phenoxy) is 2. The standard InChI is InChI=1S/C35H51N3O5/c1-8-10-17-37(27-13-11-12-25(18-27)23-38(5,6)7)32(39)22-36-21-28(26-14-15-30-31(19-26)43-24-42-30)33(34(40)41)29(36)20-35(3,4)16-9-2/h11-15,18-19,28-29,33H,8-10,16-17,20-24H2,1-7H3/p+1/t28-,29+,33?/m1/s1. The molecule has 0 bridgehead atoms. The minimum Gasteiger partial charge on any atom is -0.481 e. The first-order valence-electron chi connectivity index (χ1n) is 15.9. The third-order valence-corrected chi connectivity index (χ3v) is 8.80. The topological polar surface area (TPSA) is 79.3 Å². The summed E-state index contributed by atoms with van der Waals surface area (Å²) in [5.41, 5.74) is 2.96. The van der Waals surface area contributed by atoms with Crippen LogP contribution in [0.1, 0.15) is 76.8 Å². The maximum atomic E-state index is 14.2. The largest absolute Gasteiger partial charge is 0.481 e. The zero-order chi connectivity index (χ0) is 31.4. The number of likely N-dealkylation sites (tertiary alicyclic amines) is 1. The molecular weight excluding hydrogens is 542 g/mol. The van der Waals surface area contributed by atoms with E-state index in [9.17, 15) is 14.7 Å². The number of fused-ring (bicyclic) bond motifs is 1. The molecule has 1 fully saturated rings. The van der Waals surface area contributed by atoms with Gasteiger partial charge in [0.05, 0.1) is 33.6 Å². The van der Waals surface area contributed by atoms with Crippen LogP contribution in [-0.2, 0) is 16.1 Å². The van der Waals surface area contributed by atoms with E-state index < -0.39 is 11.9 Å². The number of benzene rings is 2. The number of quaternary nitrogens is 1. The fourth-order valence-corrected chi connectivity index (χ4v) is 6.92. The minimum atomic E-state index is -0.814. The highest BCUT2D eigenvalue weighted by molar-refractivity contribution is 5.95. The van der Waals surface area contributed by atoms with E-state index in [1.807, 2.05) is 35.2 Å². The molecule has 2 heterocycles. The summed E-state index contributed by atoms with van der Waals surface area (Å²) in [6, 6.07) is 13.8. The van der Waals surface area contributed by atoms with Crippen molar-refractivity contribution in [1.29, 1.82) is 0 Å². The van der Waals surface area contributed by atoms with Crippen LogP contribution in [0.15, 0.2) is 42.5 Å². The molecule has 1 amide bonds. The number of carboxylic acids is 1. The van der Waals surface area contributed by atoms with Crippen molar-refractivity contribution < 1.29 is 28.7 Å². The number of hydrogen-bond acceptors (Lipinski definition) is 5. The van der Waals surface area contributed by atoms with Crippen LogP contribution in [0, 0.1) is 11.3 Å². The Bertz CT molecular complexity index is 1270. The predicted octanol–water partition coefficient (Wildman–Crippen LogP) is 6.14. The third-order valence-electron chi connectivity index (χ3n) is 8.80. The van der Waals surface area contributed by atoms with Gasteiger partial charge in [-0.3, -0.25) is 14.5 Å². The van der Waals surface area contributed by atoms with E-state index in [4.69, 9.17) is 9.47 Å². The second kappa shape index (κ2) is 13.7.